The Morgan fingerprint density at radius 2 is 1.84 bits per heavy atom. The third-order valence-corrected chi connectivity index (χ3v) is 3.29. The molecule has 0 aromatic heterocycles. The van der Waals surface area contributed by atoms with Crippen LogP contribution in [0, 0.1) is 18.6 Å². The van der Waals surface area contributed by atoms with Gasteiger partial charge in [0.1, 0.15) is 11.6 Å². The van der Waals surface area contributed by atoms with Gasteiger partial charge in [0.25, 0.3) is 0 Å². The molecule has 19 heavy (non-hydrogen) atoms. The first-order valence-electron chi connectivity index (χ1n) is 5.92. The van der Waals surface area contributed by atoms with Crippen molar-refractivity contribution in [2.75, 3.05) is 7.05 Å². The molecule has 0 aliphatic carbocycles. The van der Waals surface area contributed by atoms with Crippen molar-refractivity contribution in [1.82, 2.24) is 5.32 Å². The zero-order valence-corrected chi connectivity index (χ0v) is 11.5. The number of halogens is 3. The Balaban J connectivity index is 2.61. The highest BCUT2D eigenvalue weighted by atomic mass is 35.5. The normalized spacial score (nSPS) is 10.8. The maximum Gasteiger partial charge on any atom is 0.127 e. The first kappa shape index (κ1) is 14.0. The molecule has 0 bridgehead atoms. The lowest BCUT2D eigenvalue weighted by atomic mass is 9.97. The Hall–Kier alpha value is -1.45. The standard InChI is InChI=1S/C15H14ClF2N/c1-9-5-13(14(16)7-15(9)18)12-4-3-11(17)6-10(12)8-19-2/h3-7,19H,8H2,1-2H3. The van der Waals surface area contributed by atoms with Crippen LogP contribution >= 0.6 is 11.6 Å². The molecule has 0 atom stereocenters. The molecular weight excluding hydrogens is 268 g/mol. The van der Waals surface area contributed by atoms with Crippen molar-refractivity contribution in [2.45, 2.75) is 13.5 Å². The number of hydrogen-bond donors (Lipinski definition) is 1. The van der Waals surface area contributed by atoms with Crippen LogP contribution in [-0.4, -0.2) is 7.05 Å². The van der Waals surface area contributed by atoms with Gasteiger partial charge in [-0.15, -0.1) is 0 Å². The van der Waals surface area contributed by atoms with E-state index in [1.54, 1.807) is 26.1 Å². The molecule has 0 aliphatic rings. The Labute approximate surface area is 116 Å². The first-order valence-corrected chi connectivity index (χ1v) is 6.29. The van der Waals surface area contributed by atoms with Crippen LogP contribution in [0.1, 0.15) is 11.1 Å². The van der Waals surface area contributed by atoms with Gasteiger partial charge in [-0.25, -0.2) is 8.78 Å². The Bertz CT molecular complexity index is 611. The number of benzene rings is 2. The Kier molecular flexibility index (Phi) is 4.17. The van der Waals surface area contributed by atoms with Crippen molar-refractivity contribution in [1.29, 1.82) is 0 Å². The smallest absolute Gasteiger partial charge is 0.127 e. The molecule has 0 aliphatic heterocycles. The fourth-order valence-electron chi connectivity index (χ4n) is 2.03. The highest BCUT2D eigenvalue weighted by Crippen LogP contribution is 2.33. The monoisotopic (exact) mass is 281 g/mol. The maximum absolute atomic E-state index is 13.4. The molecule has 1 nitrogen and oxygen atoms in total. The number of aryl methyl sites for hydroxylation is 1. The van der Waals surface area contributed by atoms with Gasteiger partial charge in [-0.05, 0) is 54.9 Å². The summed E-state index contributed by atoms with van der Waals surface area (Å²) in [5, 5.41) is 3.31. The summed E-state index contributed by atoms with van der Waals surface area (Å²) in [6.07, 6.45) is 0. The number of hydrogen-bond acceptors (Lipinski definition) is 1. The van der Waals surface area contributed by atoms with Gasteiger partial charge in [0.2, 0.25) is 0 Å². The summed E-state index contributed by atoms with van der Waals surface area (Å²) in [5.74, 6) is -0.644. The van der Waals surface area contributed by atoms with E-state index < -0.39 is 0 Å². The second kappa shape index (κ2) is 5.68. The molecule has 0 spiro atoms. The van der Waals surface area contributed by atoms with E-state index in [2.05, 4.69) is 5.32 Å². The lowest BCUT2D eigenvalue weighted by Gasteiger charge is -2.12. The largest absolute Gasteiger partial charge is 0.316 e. The molecule has 2 aromatic carbocycles. The molecule has 1 N–H and O–H groups in total. The summed E-state index contributed by atoms with van der Waals surface area (Å²) in [4.78, 5) is 0. The third-order valence-electron chi connectivity index (χ3n) is 2.97. The zero-order valence-electron chi connectivity index (χ0n) is 10.7. The lowest BCUT2D eigenvalue weighted by Crippen LogP contribution is -2.07. The summed E-state index contributed by atoms with van der Waals surface area (Å²) in [6.45, 7) is 2.19. The van der Waals surface area contributed by atoms with Crippen LogP contribution in [-0.2, 0) is 6.54 Å². The molecule has 100 valence electrons. The van der Waals surface area contributed by atoms with Crippen LogP contribution in [0.3, 0.4) is 0 Å². The summed E-state index contributed by atoms with van der Waals surface area (Å²) in [6, 6.07) is 7.48. The van der Waals surface area contributed by atoms with Crippen molar-refractivity contribution in [3.8, 4) is 11.1 Å². The zero-order chi connectivity index (χ0) is 14.0. The second-order valence-electron chi connectivity index (χ2n) is 4.41. The van der Waals surface area contributed by atoms with Crippen molar-refractivity contribution in [3.05, 3.63) is 58.1 Å². The van der Waals surface area contributed by atoms with E-state index in [0.717, 1.165) is 11.1 Å². The minimum absolute atomic E-state index is 0.302. The van der Waals surface area contributed by atoms with Crippen LogP contribution in [0.5, 0.6) is 0 Å². The van der Waals surface area contributed by atoms with Crippen molar-refractivity contribution in [3.63, 3.8) is 0 Å². The van der Waals surface area contributed by atoms with E-state index in [1.807, 2.05) is 0 Å². The van der Waals surface area contributed by atoms with Gasteiger partial charge in [0.05, 0.1) is 5.02 Å². The van der Waals surface area contributed by atoms with Gasteiger partial charge in [-0.2, -0.15) is 0 Å². The first-order chi connectivity index (χ1) is 9.02. The van der Waals surface area contributed by atoms with Crippen molar-refractivity contribution in [2.24, 2.45) is 0 Å². The fraction of sp³-hybridized carbons (Fsp3) is 0.200. The van der Waals surface area contributed by atoms with Gasteiger partial charge in [0, 0.05) is 12.1 Å². The summed E-state index contributed by atoms with van der Waals surface area (Å²) in [7, 11) is 1.78. The topological polar surface area (TPSA) is 12.0 Å². The molecular formula is C15H14ClF2N. The molecule has 0 unspecified atom stereocenters. The summed E-state index contributed by atoms with van der Waals surface area (Å²) >= 11 is 6.09. The molecule has 4 heteroatoms. The average Bonchev–Trinajstić information content (AvgIpc) is 2.35. The van der Waals surface area contributed by atoms with Crippen LogP contribution in [0.2, 0.25) is 5.02 Å². The van der Waals surface area contributed by atoms with Crippen LogP contribution in [0.4, 0.5) is 8.78 Å². The van der Waals surface area contributed by atoms with E-state index in [9.17, 15) is 8.78 Å². The molecule has 2 rings (SSSR count). The maximum atomic E-state index is 13.4. The minimum Gasteiger partial charge on any atom is -0.316 e. The predicted octanol–water partition coefficient (Wildman–Crippen LogP) is 4.31. The quantitative estimate of drug-likeness (QED) is 0.884. The van der Waals surface area contributed by atoms with Crippen LogP contribution in [0.15, 0.2) is 30.3 Å². The molecule has 0 saturated heterocycles. The van der Waals surface area contributed by atoms with Gasteiger partial charge in [0.15, 0.2) is 0 Å². The van der Waals surface area contributed by atoms with Gasteiger partial charge >= 0.3 is 0 Å². The van der Waals surface area contributed by atoms with Crippen LogP contribution in [0.25, 0.3) is 11.1 Å². The van der Waals surface area contributed by atoms with Crippen molar-refractivity contribution < 1.29 is 8.78 Å². The number of nitrogens with one attached hydrogen (secondary N) is 1. The average molecular weight is 282 g/mol. The molecule has 0 heterocycles. The van der Waals surface area contributed by atoms with Gasteiger partial charge in [-0.1, -0.05) is 17.7 Å². The molecule has 0 fully saturated rings. The second-order valence-corrected chi connectivity index (χ2v) is 4.82. The fourth-order valence-corrected chi connectivity index (χ4v) is 2.28. The molecule has 0 amide bonds. The van der Waals surface area contributed by atoms with E-state index >= 15 is 0 Å². The Morgan fingerprint density at radius 1 is 1.11 bits per heavy atom. The SMILES string of the molecule is CNCc1cc(F)ccc1-c1cc(C)c(F)cc1Cl. The van der Waals surface area contributed by atoms with Crippen molar-refractivity contribution >= 4 is 11.6 Å². The molecule has 0 radical (unpaired) electrons. The highest BCUT2D eigenvalue weighted by Gasteiger charge is 2.12. The van der Waals surface area contributed by atoms with E-state index in [1.165, 1.54) is 18.2 Å². The van der Waals surface area contributed by atoms with Gasteiger partial charge in [-0.3, -0.25) is 0 Å². The molecule has 0 saturated carbocycles. The third kappa shape index (κ3) is 2.94. The Morgan fingerprint density at radius 3 is 2.53 bits per heavy atom. The number of rotatable bonds is 3. The summed E-state index contributed by atoms with van der Waals surface area (Å²) < 4.78 is 26.7. The van der Waals surface area contributed by atoms with E-state index in [-0.39, 0.29) is 11.6 Å². The van der Waals surface area contributed by atoms with E-state index in [4.69, 9.17) is 11.6 Å². The predicted molar refractivity (Wildman–Crippen MR) is 74.3 cm³/mol. The van der Waals surface area contributed by atoms with Gasteiger partial charge < -0.3 is 5.32 Å². The lowest BCUT2D eigenvalue weighted by molar-refractivity contribution is 0.618. The summed E-state index contributed by atoms with van der Waals surface area (Å²) in [5.41, 5.74) is 2.82. The van der Waals surface area contributed by atoms with Crippen LogP contribution < -0.4 is 5.32 Å². The van der Waals surface area contributed by atoms with E-state index in [0.29, 0.717) is 22.7 Å². The molecule has 2 aromatic rings. The minimum atomic E-state index is -0.342. The highest BCUT2D eigenvalue weighted by molar-refractivity contribution is 6.33.